The maximum Gasteiger partial charge on any atom is 0.0746 e. The minimum atomic E-state index is 0.612. The lowest BCUT2D eigenvalue weighted by Crippen LogP contribution is -2.51. The Morgan fingerprint density at radius 3 is 2.38 bits per heavy atom. The third-order valence-corrected chi connectivity index (χ3v) is 2.89. The van der Waals surface area contributed by atoms with Crippen molar-refractivity contribution in [2.75, 3.05) is 13.1 Å². The molecule has 0 aliphatic carbocycles. The lowest BCUT2D eigenvalue weighted by atomic mass is 10.3. The molecule has 2 atom stereocenters. The molecule has 0 spiro atoms. The van der Waals surface area contributed by atoms with Crippen molar-refractivity contribution >= 4 is 22.6 Å². The summed E-state index contributed by atoms with van der Waals surface area (Å²) in [6.07, 6.45) is 0. The van der Waals surface area contributed by atoms with Gasteiger partial charge in [0, 0.05) is 19.1 Å². The van der Waals surface area contributed by atoms with Gasteiger partial charge in [-0.15, -0.1) is 0 Å². The molecular formula is C5H11IN2. The number of hydrogen-bond donors (Lipinski definition) is 2. The van der Waals surface area contributed by atoms with E-state index in [9.17, 15) is 0 Å². The first-order valence-electron chi connectivity index (χ1n) is 2.91. The number of rotatable bonds is 0. The Labute approximate surface area is 63.6 Å². The summed E-state index contributed by atoms with van der Waals surface area (Å²) in [5.74, 6) is 0. The number of hydrogen-bond acceptors (Lipinski definition) is 2. The lowest BCUT2D eigenvalue weighted by molar-refractivity contribution is 0.428. The molecule has 2 unspecified atom stereocenters. The van der Waals surface area contributed by atoms with Crippen LogP contribution in [0.5, 0.6) is 0 Å². The maximum atomic E-state index is 3.36. The SMILES string of the molecule is CC1NCCNC1I. The zero-order chi connectivity index (χ0) is 5.98. The summed E-state index contributed by atoms with van der Waals surface area (Å²) >= 11 is 2.41. The number of piperazine rings is 1. The Hall–Kier alpha value is 0.650. The Balaban J connectivity index is 2.28. The lowest BCUT2D eigenvalue weighted by Gasteiger charge is -2.26. The molecule has 0 saturated carbocycles. The van der Waals surface area contributed by atoms with Crippen LogP contribution in [0.15, 0.2) is 0 Å². The normalized spacial score (nSPS) is 39.8. The van der Waals surface area contributed by atoms with E-state index in [0.29, 0.717) is 10.1 Å². The van der Waals surface area contributed by atoms with E-state index in [1.165, 1.54) is 0 Å². The van der Waals surface area contributed by atoms with Crippen molar-refractivity contribution in [1.29, 1.82) is 0 Å². The smallest absolute Gasteiger partial charge is 0.0746 e. The highest BCUT2D eigenvalue weighted by molar-refractivity contribution is 14.1. The van der Waals surface area contributed by atoms with E-state index in [4.69, 9.17) is 0 Å². The van der Waals surface area contributed by atoms with Crippen LogP contribution < -0.4 is 10.6 Å². The molecule has 3 heteroatoms. The summed E-state index contributed by atoms with van der Waals surface area (Å²) in [6.45, 7) is 4.42. The first kappa shape index (κ1) is 6.77. The zero-order valence-electron chi connectivity index (χ0n) is 4.95. The van der Waals surface area contributed by atoms with E-state index >= 15 is 0 Å². The van der Waals surface area contributed by atoms with Gasteiger partial charge >= 0.3 is 0 Å². The van der Waals surface area contributed by atoms with Crippen molar-refractivity contribution in [3.05, 3.63) is 0 Å². The molecule has 2 nitrogen and oxygen atoms in total. The third kappa shape index (κ3) is 1.56. The fourth-order valence-corrected chi connectivity index (χ4v) is 1.36. The minimum absolute atomic E-state index is 0.612. The maximum absolute atomic E-state index is 3.36. The molecule has 2 N–H and O–H groups in total. The van der Waals surface area contributed by atoms with Gasteiger partial charge in [-0.05, 0) is 6.92 Å². The van der Waals surface area contributed by atoms with E-state index in [1.54, 1.807) is 0 Å². The first-order chi connectivity index (χ1) is 3.80. The van der Waals surface area contributed by atoms with Gasteiger partial charge in [-0.2, -0.15) is 0 Å². The molecule has 0 radical (unpaired) electrons. The number of alkyl halides is 1. The van der Waals surface area contributed by atoms with Crippen molar-refractivity contribution in [1.82, 2.24) is 10.6 Å². The molecule has 1 heterocycles. The summed E-state index contributed by atoms with van der Waals surface area (Å²) in [5, 5.41) is 6.72. The molecule has 1 rings (SSSR count). The van der Waals surface area contributed by atoms with Gasteiger partial charge < -0.3 is 10.6 Å². The van der Waals surface area contributed by atoms with Crippen LogP contribution in [0, 0.1) is 0 Å². The number of halogens is 1. The van der Waals surface area contributed by atoms with E-state index < -0.39 is 0 Å². The fourth-order valence-electron chi connectivity index (χ4n) is 0.790. The van der Waals surface area contributed by atoms with Crippen LogP contribution in [0.1, 0.15) is 6.92 Å². The Bertz CT molecular complexity index is 66.8. The van der Waals surface area contributed by atoms with Gasteiger partial charge in [0.25, 0.3) is 0 Å². The molecule has 48 valence electrons. The molecule has 0 amide bonds. The van der Waals surface area contributed by atoms with E-state index in [2.05, 4.69) is 40.1 Å². The molecule has 1 fully saturated rings. The van der Waals surface area contributed by atoms with Gasteiger partial charge in [0.2, 0.25) is 0 Å². The summed E-state index contributed by atoms with van der Waals surface area (Å²) in [7, 11) is 0. The monoisotopic (exact) mass is 226 g/mol. The van der Waals surface area contributed by atoms with Crippen LogP contribution in [0.25, 0.3) is 0 Å². The van der Waals surface area contributed by atoms with Gasteiger partial charge in [0.1, 0.15) is 0 Å². The quantitative estimate of drug-likeness (QED) is 0.353. The molecule has 0 aromatic rings. The van der Waals surface area contributed by atoms with E-state index in [-0.39, 0.29) is 0 Å². The minimum Gasteiger partial charge on any atom is -0.311 e. The summed E-state index contributed by atoms with van der Waals surface area (Å²) in [4.78, 5) is 0. The second-order valence-electron chi connectivity index (χ2n) is 2.10. The Kier molecular flexibility index (Phi) is 2.52. The predicted octanol–water partition coefficient (Wildman–Crippen LogP) is 0.329. The summed E-state index contributed by atoms with van der Waals surface area (Å²) in [5.41, 5.74) is 0. The average molecular weight is 226 g/mol. The van der Waals surface area contributed by atoms with Crippen molar-refractivity contribution in [3.8, 4) is 0 Å². The molecule has 0 bridgehead atoms. The van der Waals surface area contributed by atoms with Gasteiger partial charge in [-0.1, -0.05) is 22.6 Å². The van der Waals surface area contributed by atoms with E-state index in [0.717, 1.165) is 13.1 Å². The zero-order valence-corrected chi connectivity index (χ0v) is 7.10. The highest BCUT2D eigenvalue weighted by Gasteiger charge is 2.15. The fraction of sp³-hybridized carbons (Fsp3) is 1.00. The van der Waals surface area contributed by atoms with Gasteiger partial charge in [-0.25, -0.2) is 0 Å². The van der Waals surface area contributed by atoms with Gasteiger partial charge in [0.15, 0.2) is 0 Å². The standard InChI is InChI=1S/C5H11IN2/c1-4-5(6)8-3-2-7-4/h4-5,7-8H,2-3H2,1H3. The van der Waals surface area contributed by atoms with Crippen molar-refractivity contribution in [2.45, 2.75) is 17.0 Å². The molecule has 1 aliphatic heterocycles. The molecule has 1 saturated heterocycles. The molecule has 1 aliphatic rings. The predicted molar refractivity (Wildman–Crippen MR) is 43.3 cm³/mol. The largest absolute Gasteiger partial charge is 0.311 e. The topological polar surface area (TPSA) is 24.1 Å². The molecular weight excluding hydrogens is 215 g/mol. The molecule has 0 aromatic heterocycles. The van der Waals surface area contributed by atoms with Crippen LogP contribution in [0.3, 0.4) is 0 Å². The summed E-state index contributed by atoms with van der Waals surface area (Å²) < 4.78 is 0.612. The van der Waals surface area contributed by atoms with Gasteiger partial charge in [-0.3, -0.25) is 0 Å². The first-order valence-corrected chi connectivity index (χ1v) is 4.16. The highest BCUT2D eigenvalue weighted by Crippen LogP contribution is 2.03. The average Bonchev–Trinajstić information content (AvgIpc) is 1.77. The van der Waals surface area contributed by atoms with Crippen molar-refractivity contribution in [2.24, 2.45) is 0 Å². The van der Waals surface area contributed by atoms with Crippen LogP contribution in [0.4, 0.5) is 0 Å². The Morgan fingerprint density at radius 1 is 1.38 bits per heavy atom. The molecule has 0 aromatic carbocycles. The van der Waals surface area contributed by atoms with Crippen LogP contribution in [0.2, 0.25) is 0 Å². The van der Waals surface area contributed by atoms with Crippen LogP contribution in [-0.4, -0.2) is 23.2 Å². The molecule has 8 heavy (non-hydrogen) atoms. The Morgan fingerprint density at radius 2 is 2.00 bits per heavy atom. The van der Waals surface area contributed by atoms with Crippen molar-refractivity contribution in [3.63, 3.8) is 0 Å². The van der Waals surface area contributed by atoms with E-state index in [1.807, 2.05) is 0 Å². The second-order valence-corrected chi connectivity index (χ2v) is 3.44. The van der Waals surface area contributed by atoms with Gasteiger partial charge in [0.05, 0.1) is 4.05 Å². The van der Waals surface area contributed by atoms with Crippen LogP contribution in [-0.2, 0) is 0 Å². The van der Waals surface area contributed by atoms with Crippen molar-refractivity contribution < 1.29 is 0 Å². The highest BCUT2D eigenvalue weighted by atomic mass is 127. The second kappa shape index (κ2) is 2.98. The van der Waals surface area contributed by atoms with Crippen LogP contribution >= 0.6 is 22.6 Å². The summed E-state index contributed by atoms with van der Waals surface area (Å²) in [6, 6.07) is 0.629. The third-order valence-electron chi connectivity index (χ3n) is 1.37. The number of nitrogens with one attached hydrogen (secondary N) is 2.